The number of hydrogen-bond acceptors (Lipinski definition) is 3. The van der Waals surface area contributed by atoms with Gasteiger partial charge in [0.25, 0.3) is 0 Å². The van der Waals surface area contributed by atoms with Gasteiger partial charge in [-0.25, -0.2) is 0 Å². The second-order valence-corrected chi connectivity index (χ2v) is 5.40. The number of rotatable bonds is 8. The molecule has 1 aromatic rings. The van der Waals surface area contributed by atoms with Gasteiger partial charge >= 0.3 is 5.97 Å². The molecule has 0 saturated carbocycles. The molecule has 0 heterocycles. The Bertz CT molecular complexity index is 416. The first-order valence-corrected chi connectivity index (χ1v) is 7.12. The van der Waals surface area contributed by atoms with Crippen LogP contribution in [0, 0.1) is 0 Å². The first-order chi connectivity index (χ1) is 9.43. The van der Waals surface area contributed by atoms with Crippen molar-refractivity contribution < 1.29 is 15.0 Å². The molecule has 20 heavy (non-hydrogen) atoms. The van der Waals surface area contributed by atoms with Gasteiger partial charge in [-0.2, -0.15) is 0 Å². The van der Waals surface area contributed by atoms with Crippen LogP contribution in [0.2, 0.25) is 0 Å². The molecule has 4 heteroatoms. The molecule has 0 aliphatic carbocycles. The van der Waals surface area contributed by atoms with Gasteiger partial charge in [-0.15, -0.1) is 0 Å². The van der Waals surface area contributed by atoms with Crippen LogP contribution in [0.3, 0.4) is 0 Å². The summed E-state index contributed by atoms with van der Waals surface area (Å²) in [6, 6.07) is 8.03. The lowest BCUT2D eigenvalue weighted by atomic mass is 9.96. The van der Waals surface area contributed by atoms with Crippen LogP contribution in [0.15, 0.2) is 24.3 Å². The van der Waals surface area contributed by atoms with E-state index in [1.54, 1.807) is 0 Å². The highest BCUT2D eigenvalue weighted by Gasteiger charge is 2.12. The predicted octanol–water partition coefficient (Wildman–Crippen LogP) is 2.64. The Labute approximate surface area is 121 Å². The van der Waals surface area contributed by atoms with Gasteiger partial charge in [-0.1, -0.05) is 38.1 Å². The number of aliphatic hydroxyl groups excluding tert-OH is 1. The monoisotopic (exact) mass is 279 g/mol. The number of aliphatic hydroxyl groups is 1. The van der Waals surface area contributed by atoms with E-state index >= 15 is 0 Å². The zero-order valence-electron chi connectivity index (χ0n) is 12.5. The van der Waals surface area contributed by atoms with Crippen molar-refractivity contribution in [2.24, 2.45) is 0 Å². The molecule has 1 aromatic carbocycles. The minimum Gasteiger partial charge on any atom is -0.481 e. The number of likely N-dealkylation sites (N-methyl/N-ethyl adjacent to an activating group) is 1. The largest absolute Gasteiger partial charge is 0.481 e. The van der Waals surface area contributed by atoms with Crippen molar-refractivity contribution in [1.29, 1.82) is 0 Å². The van der Waals surface area contributed by atoms with Crippen molar-refractivity contribution in [3.05, 3.63) is 35.4 Å². The summed E-state index contributed by atoms with van der Waals surface area (Å²) in [5.74, 6) is -0.288. The molecule has 0 aromatic heterocycles. The molecular formula is C16H25NO3. The highest BCUT2D eigenvalue weighted by molar-refractivity contribution is 5.66. The molecule has 0 saturated heterocycles. The molecule has 0 aliphatic rings. The summed E-state index contributed by atoms with van der Waals surface area (Å²) >= 11 is 0. The Morgan fingerprint density at radius 2 is 1.80 bits per heavy atom. The molecule has 4 nitrogen and oxygen atoms in total. The molecule has 0 bridgehead atoms. The normalized spacial score (nSPS) is 14.2. The molecule has 2 unspecified atom stereocenters. The summed E-state index contributed by atoms with van der Waals surface area (Å²) in [6.07, 6.45) is 0.607. The summed E-state index contributed by atoms with van der Waals surface area (Å²) in [6.45, 7) is 5.23. The Morgan fingerprint density at radius 3 is 2.30 bits per heavy atom. The Hall–Kier alpha value is -1.39. The smallest absolute Gasteiger partial charge is 0.304 e. The third kappa shape index (κ3) is 5.31. The summed E-state index contributed by atoms with van der Waals surface area (Å²) in [7, 11) is 1.82. The van der Waals surface area contributed by atoms with Crippen LogP contribution < -0.4 is 0 Å². The molecule has 0 amide bonds. The number of carbonyl (C=O) groups is 1. The third-order valence-electron chi connectivity index (χ3n) is 3.69. The second-order valence-electron chi connectivity index (χ2n) is 5.40. The van der Waals surface area contributed by atoms with E-state index in [0.29, 0.717) is 19.0 Å². The van der Waals surface area contributed by atoms with E-state index in [0.717, 1.165) is 12.0 Å². The van der Waals surface area contributed by atoms with Gasteiger partial charge in [0, 0.05) is 13.1 Å². The van der Waals surface area contributed by atoms with Gasteiger partial charge in [-0.05, 0) is 30.5 Å². The molecule has 0 fully saturated rings. The number of nitrogens with zero attached hydrogens (tertiary/aromatic N) is 1. The number of carboxylic acid groups (broad SMARTS) is 1. The SMILES string of the molecule is CCC(C)c1ccc(C(O)CN(C)CCC(=O)O)cc1. The summed E-state index contributed by atoms with van der Waals surface area (Å²) in [4.78, 5) is 12.3. The van der Waals surface area contributed by atoms with Gasteiger partial charge in [-0.3, -0.25) is 4.79 Å². The highest BCUT2D eigenvalue weighted by atomic mass is 16.4. The fraction of sp³-hybridized carbons (Fsp3) is 0.562. The van der Waals surface area contributed by atoms with E-state index in [2.05, 4.69) is 26.0 Å². The van der Waals surface area contributed by atoms with Crippen molar-refractivity contribution in [3.63, 3.8) is 0 Å². The zero-order chi connectivity index (χ0) is 15.1. The molecule has 0 aliphatic heterocycles. The van der Waals surface area contributed by atoms with Crippen LogP contribution in [-0.4, -0.2) is 41.2 Å². The highest BCUT2D eigenvalue weighted by Crippen LogP contribution is 2.21. The van der Waals surface area contributed by atoms with Crippen molar-refractivity contribution in [2.45, 2.75) is 38.7 Å². The molecule has 2 atom stereocenters. The first-order valence-electron chi connectivity index (χ1n) is 7.12. The first kappa shape index (κ1) is 16.7. The van der Waals surface area contributed by atoms with E-state index in [1.807, 2.05) is 24.1 Å². The van der Waals surface area contributed by atoms with Crippen LogP contribution in [-0.2, 0) is 4.79 Å². The van der Waals surface area contributed by atoms with E-state index in [1.165, 1.54) is 5.56 Å². The number of hydrogen-bond donors (Lipinski definition) is 2. The topological polar surface area (TPSA) is 60.8 Å². The lowest BCUT2D eigenvalue weighted by Gasteiger charge is -2.20. The van der Waals surface area contributed by atoms with Gasteiger partial charge in [0.15, 0.2) is 0 Å². The van der Waals surface area contributed by atoms with Crippen molar-refractivity contribution in [3.8, 4) is 0 Å². The standard InChI is InChI=1S/C16H25NO3/c1-4-12(2)13-5-7-14(8-6-13)15(18)11-17(3)10-9-16(19)20/h5-8,12,15,18H,4,9-11H2,1-3H3,(H,19,20). The summed E-state index contributed by atoms with van der Waals surface area (Å²) in [5, 5.41) is 18.8. The lowest BCUT2D eigenvalue weighted by Crippen LogP contribution is -2.27. The fourth-order valence-corrected chi connectivity index (χ4v) is 2.06. The molecule has 0 radical (unpaired) electrons. The van der Waals surface area contributed by atoms with Crippen molar-refractivity contribution >= 4 is 5.97 Å². The van der Waals surface area contributed by atoms with E-state index in [9.17, 15) is 9.90 Å². The molecule has 1 rings (SSSR count). The predicted molar refractivity (Wildman–Crippen MR) is 79.9 cm³/mol. The zero-order valence-corrected chi connectivity index (χ0v) is 12.5. The minimum atomic E-state index is -0.816. The van der Waals surface area contributed by atoms with Gasteiger partial charge in [0.05, 0.1) is 12.5 Å². The van der Waals surface area contributed by atoms with Crippen molar-refractivity contribution in [2.75, 3.05) is 20.1 Å². The quantitative estimate of drug-likeness (QED) is 0.768. The van der Waals surface area contributed by atoms with E-state index in [-0.39, 0.29) is 6.42 Å². The van der Waals surface area contributed by atoms with Crippen molar-refractivity contribution in [1.82, 2.24) is 4.90 Å². The summed E-state index contributed by atoms with van der Waals surface area (Å²) < 4.78 is 0. The van der Waals surface area contributed by atoms with Gasteiger partial charge < -0.3 is 15.1 Å². The molecule has 0 spiro atoms. The average molecular weight is 279 g/mol. The van der Waals surface area contributed by atoms with Crippen LogP contribution in [0.4, 0.5) is 0 Å². The number of benzene rings is 1. The number of aliphatic carboxylic acids is 1. The van der Waals surface area contributed by atoms with E-state index < -0.39 is 12.1 Å². The lowest BCUT2D eigenvalue weighted by molar-refractivity contribution is -0.137. The second kappa shape index (κ2) is 8.02. The fourth-order valence-electron chi connectivity index (χ4n) is 2.06. The van der Waals surface area contributed by atoms with Crippen LogP contribution in [0.5, 0.6) is 0 Å². The maximum atomic E-state index is 10.5. The Balaban J connectivity index is 2.54. The third-order valence-corrected chi connectivity index (χ3v) is 3.69. The molecule has 2 N–H and O–H groups in total. The molecule has 112 valence electrons. The van der Waals surface area contributed by atoms with Crippen LogP contribution >= 0.6 is 0 Å². The van der Waals surface area contributed by atoms with Crippen LogP contribution in [0.1, 0.15) is 49.8 Å². The maximum Gasteiger partial charge on any atom is 0.304 e. The van der Waals surface area contributed by atoms with Gasteiger partial charge in [0.1, 0.15) is 0 Å². The molecular weight excluding hydrogens is 254 g/mol. The minimum absolute atomic E-state index is 0.0934. The maximum absolute atomic E-state index is 10.5. The summed E-state index contributed by atoms with van der Waals surface area (Å²) in [5.41, 5.74) is 2.15. The Kier molecular flexibility index (Phi) is 6.68. The van der Waals surface area contributed by atoms with Gasteiger partial charge in [0.2, 0.25) is 0 Å². The average Bonchev–Trinajstić information content (AvgIpc) is 2.44. The number of carboxylic acids is 1. The Morgan fingerprint density at radius 1 is 1.25 bits per heavy atom. The van der Waals surface area contributed by atoms with E-state index in [4.69, 9.17) is 5.11 Å². The van der Waals surface area contributed by atoms with Crippen LogP contribution in [0.25, 0.3) is 0 Å².